The molecule has 1 aliphatic heterocycles. The molecule has 2 heterocycles. The number of nitrogens with one attached hydrogen (secondary N) is 1. The zero-order chi connectivity index (χ0) is 15.5. The molecular formula is C16H28N4O. The molecule has 1 aromatic rings. The lowest BCUT2D eigenvalue weighted by Gasteiger charge is -2.33. The van der Waals surface area contributed by atoms with Gasteiger partial charge in [0.25, 0.3) is 0 Å². The van der Waals surface area contributed by atoms with Crippen molar-refractivity contribution in [1.82, 2.24) is 9.97 Å². The van der Waals surface area contributed by atoms with Crippen molar-refractivity contribution in [2.24, 2.45) is 5.92 Å². The van der Waals surface area contributed by atoms with E-state index in [1.807, 2.05) is 13.1 Å². The topological polar surface area (TPSA) is 50.3 Å². The fraction of sp³-hybridized carbons (Fsp3) is 0.750. The molecule has 0 aromatic carbocycles. The largest absolute Gasteiger partial charge is 0.384 e. The molecule has 5 nitrogen and oxygen atoms in total. The van der Waals surface area contributed by atoms with Crippen LogP contribution in [-0.2, 0) is 10.2 Å². The summed E-state index contributed by atoms with van der Waals surface area (Å²) < 4.78 is 5.27. The molecule has 118 valence electrons. The van der Waals surface area contributed by atoms with E-state index in [9.17, 15) is 0 Å². The van der Waals surface area contributed by atoms with E-state index in [0.29, 0.717) is 5.92 Å². The Labute approximate surface area is 128 Å². The number of methoxy groups -OCH3 is 1. The third-order valence-corrected chi connectivity index (χ3v) is 3.98. The first-order valence-electron chi connectivity index (χ1n) is 7.75. The summed E-state index contributed by atoms with van der Waals surface area (Å²) in [6.45, 7) is 9.39. The summed E-state index contributed by atoms with van der Waals surface area (Å²) in [4.78, 5) is 11.7. The molecule has 0 radical (unpaired) electrons. The van der Waals surface area contributed by atoms with E-state index in [-0.39, 0.29) is 5.41 Å². The van der Waals surface area contributed by atoms with Gasteiger partial charge in [0.2, 0.25) is 0 Å². The molecule has 0 amide bonds. The number of ether oxygens (including phenoxy) is 1. The third kappa shape index (κ3) is 4.06. The van der Waals surface area contributed by atoms with E-state index < -0.39 is 0 Å². The van der Waals surface area contributed by atoms with E-state index in [4.69, 9.17) is 9.72 Å². The molecule has 1 N–H and O–H groups in total. The highest BCUT2D eigenvalue weighted by Gasteiger charge is 2.23. The molecule has 0 spiro atoms. The zero-order valence-corrected chi connectivity index (χ0v) is 13.9. The maximum Gasteiger partial charge on any atom is 0.138 e. The van der Waals surface area contributed by atoms with E-state index in [1.54, 1.807) is 7.11 Å². The van der Waals surface area contributed by atoms with Gasteiger partial charge in [0.15, 0.2) is 0 Å². The normalized spacial score (nSPS) is 17.1. The summed E-state index contributed by atoms with van der Waals surface area (Å²) in [5.74, 6) is 3.50. The van der Waals surface area contributed by atoms with Crippen LogP contribution in [0.5, 0.6) is 0 Å². The average molecular weight is 292 g/mol. The predicted octanol–water partition coefficient (Wildman–Crippen LogP) is 2.68. The number of hydrogen-bond donors (Lipinski definition) is 1. The van der Waals surface area contributed by atoms with Gasteiger partial charge in [0.05, 0.1) is 0 Å². The van der Waals surface area contributed by atoms with E-state index in [0.717, 1.165) is 50.0 Å². The molecule has 21 heavy (non-hydrogen) atoms. The van der Waals surface area contributed by atoms with Crippen LogP contribution in [0.25, 0.3) is 0 Å². The van der Waals surface area contributed by atoms with Gasteiger partial charge in [-0.15, -0.1) is 0 Å². The maximum atomic E-state index is 5.27. The van der Waals surface area contributed by atoms with Crippen LogP contribution in [0.2, 0.25) is 0 Å². The summed E-state index contributed by atoms with van der Waals surface area (Å²) in [5, 5.41) is 3.15. The van der Waals surface area contributed by atoms with Gasteiger partial charge in [-0.2, -0.15) is 0 Å². The van der Waals surface area contributed by atoms with Gasteiger partial charge in [-0.3, -0.25) is 0 Å². The van der Waals surface area contributed by atoms with Crippen LogP contribution in [0.4, 0.5) is 11.6 Å². The highest BCUT2D eigenvalue weighted by Crippen LogP contribution is 2.27. The molecular weight excluding hydrogens is 264 g/mol. The van der Waals surface area contributed by atoms with Gasteiger partial charge in [-0.25, -0.2) is 9.97 Å². The molecule has 2 rings (SSSR count). The second kappa shape index (κ2) is 6.60. The van der Waals surface area contributed by atoms with E-state index >= 15 is 0 Å². The monoisotopic (exact) mass is 292 g/mol. The number of anilines is 2. The van der Waals surface area contributed by atoms with Crippen LogP contribution in [0, 0.1) is 5.92 Å². The van der Waals surface area contributed by atoms with Crippen molar-refractivity contribution < 1.29 is 4.74 Å². The second-order valence-electron chi connectivity index (χ2n) is 6.82. The first-order valence-corrected chi connectivity index (χ1v) is 7.75. The van der Waals surface area contributed by atoms with Gasteiger partial charge in [-0.05, 0) is 18.8 Å². The van der Waals surface area contributed by atoms with Gasteiger partial charge in [0, 0.05) is 45.3 Å². The van der Waals surface area contributed by atoms with Crippen LogP contribution in [0.3, 0.4) is 0 Å². The number of nitrogens with zero attached hydrogens (tertiary/aromatic N) is 3. The third-order valence-electron chi connectivity index (χ3n) is 3.98. The van der Waals surface area contributed by atoms with Crippen LogP contribution in [0.1, 0.15) is 39.4 Å². The lowest BCUT2D eigenvalue weighted by Crippen LogP contribution is -2.36. The quantitative estimate of drug-likeness (QED) is 0.924. The highest BCUT2D eigenvalue weighted by molar-refractivity contribution is 5.50. The van der Waals surface area contributed by atoms with E-state index in [1.165, 1.54) is 0 Å². The minimum atomic E-state index is -0.0457. The lowest BCUT2D eigenvalue weighted by molar-refractivity contribution is 0.139. The van der Waals surface area contributed by atoms with Crippen molar-refractivity contribution in [3.8, 4) is 0 Å². The second-order valence-corrected chi connectivity index (χ2v) is 6.82. The predicted molar refractivity (Wildman–Crippen MR) is 87.1 cm³/mol. The fourth-order valence-electron chi connectivity index (χ4n) is 2.62. The van der Waals surface area contributed by atoms with Gasteiger partial charge < -0.3 is 15.0 Å². The van der Waals surface area contributed by atoms with Gasteiger partial charge in [-0.1, -0.05) is 20.8 Å². The molecule has 0 aliphatic carbocycles. The first-order chi connectivity index (χ1) is 9.94. The molecule has 0 bridgehead atoms. The summed E-state index contributed by atoms with van der Waals surface area (Å²) in [6, 6.07) is 2.05. The molecule has 1 aromatic heterocycles. The minimum Gasteiger partial charge on any atom is -0.384 e. The highest BCUT2D eigenvalue weighted by atomic mass is 16.5. The standard InChI is InChI=1S/C16H28N4O/c1-16(2,3)15-18-13(17-4)10-14(19-15)20-8-6-12(7-9-20)11-21-5/h10,12H,6-9,11H2,1-5H3,(H,17,18,19). The Hall–Kier alpha value is -1.36. The van der Waals surface area contributed by atoms with Gasteiger partial charge >= 0.3 is 0 Å². The maximum absolute atomic E-state index is 5.27. The number of rotatable bonds is 4. The van der Waals surface area contributed by atoms with Crippen LogP contribution in [-0.4, -0.2) is 43.8 Å². The number of aromatic nitrogens is 2. The van der Waals surface area contributed by atoms with Crippen LogP contribution >= 0.6 is 0 Å². The Morgan fingerprint density at radius 3 is 2.48 bits per heavy atom. The van der Waals surface area contributed by atoms with Crippen LogP contribution in [0.15, 0.2) is 6.07 Å². The molecule has 0 unspecified atom stereocenters. The average Bonchev–Trinajstić information content (AvgIpc) is 2.47. The Bertz CT molecular complexity index is 462. The molecule has 1 saturated heterocycles. The zero-order valence-electron chi connectivity index (χ0n) is 13.9. The Kier molecular flexibility index (Phi) is 5.04. The van der Waals surface area contributed by atoms with Gasteiger partial charge in [0.1, 0.15) is 17.5 Å². The van der Waals surface area contributed by atoms with Crippen molar-refractivity contribution in [3.05, 3.63) is 11.9 Å². The van der Waals surface area contributed by atoms with Crippen molar-refractivity contribution in [3.63, 3.8) is 0 Å². The SMILES string of the molecule is CNc1cc(N2CCC(COC)CC2)nc(C(C)(C)C)n1. The molecule has 1 aliphatic rings. The Balaban J connectivity index is 2.16. The summed E-state index contributed by atoms with van der Waals surface area (Å²) in [7, 11) is 3.69. The summed E-state index contributed by atoms with van der Waals surface area (Å²) in [6.07, 6.45) is 2.33. The van der Waals surface area contributed by atoms with Crippen molar-refractivity contribution in [2.75, 3.05) is 44.1 Å². The number of piperidine rings is 1. The number of hydrogen-bond acceptors (Lipinski definition) is 5. The fourth-order valence-corrected chi connectivity index (χ4v) is 2.62. The molecule has 0 atom stereocenters. The Morgan fingerprint density at radius 1 is 1.29 bits per heavy atom. The molecule has 0 saturated carbocycles. The van der Waals surface area contributed by atoms with Crippen LogP contribution < -0.4 is 10.2 Å². The molecule has 5 heteroatoms. The first kappa shape index (κ1) is 16.0. The molecule has 1 fully saturated rings. The summed E-state index contributed by atoms with van der Waals surface area (Å²) in [5.41, 5.74) is -0.0457. The smallest absolute Gasteiger partial charge is 0.138 e. The lowest BCUT2D eigenvalue weighted by atomic mass is 9.95. The Morgan fingerprint density at radius 2 is 1.95 bits per heavy atom. The summed E-state index contributed by atoms with van der Waals surface area (Å²) >= 11 is 0. The minimum absolute atomic E-state index is 0.0457. The van der Waals surface area contributed by atoms with Crippen molar-refractivity contribution in [1.29, 1.82) is 0 Å². The van der Waals surface area contributed by atoms with Crippen molar-refractivity contribution >= 4 is 11.6 Å². The van der Waals surface area contributed by atoms with E-state index in [2.05, 4.69) is 36.0 Å². The van der Waals surface area contributed by atoms with Crippen molar-refractivity contribution in [2.45, 2.75) is 39.0 Å².